The van der Waals surface area contributed by atoms with E-state index in [1.54, 1.807) is 0 Å². The number of nitrogens with zero attached hydrogens (tertiary/aromatic N) is 2. The third-order valence-electron chi connectivity index (χ3n) is 3.27. The molecule has 0 atom stereocenters. The predicted molar refractivity (Wildman–Crippen MR) is 71.9 cm³/mol. The highest BCUT2D eigenvalue weighted by Crippen LogP contribution is 2.27. The van der Waals surface area contributed by atoms with Crippen LogP contribution in [0.2, 0.25) is 0 Å². The fourth-order valence-corrected chi connectivity index (χ4v) is 2.37. The number of carbonyl (C=O) groups excluding carboxylic acids is 1. The summed E-state index contributed by atoms with van der Waals surface area (Å²) in [5.74, 6) is -0.505. The summed E-state index contributed by atoms with van der Waals surface area (Å²) in [4.78, 5) is 38.5. The van der Waals surface area contributed by atoms with E-state index in [4.69, 9.17) is 0 Å². The molecule has 0 aliphatic carbocycles. The molecule has 1 aliphatic heterocycles. The maximum atomic E-state index is 12.4. The van der Waals surface area contributed by atoms with Crippen LogP contribution in [0.3, 0.4) is 0 Å². The molecule has 102 valence electrons. The first-order valence-electron chi connectivity index (χ1n) is 6.25. The molecule has 0 radical (unpaired) electrons. The number of amides is 1. The number of carbonyl (C=O) groups is 1. The first kappa shape index (κ1) is 12.3. The van der Waals surface area contributed by atoms with Crippen molar-refractivity contribution < 1.29 is 4.79 Å². The molecule has 0 saturated carbocycles. The molecule has 0 fully saturated rings. The zero-order chi connectivity index (χ0) is 14.1. The lowest BCUT2D eigenvalue weighted by Gasteiger charge is -2.28. The number of H-pyrrole nitrogens is 2. The largest absolute Gasteiger partial charge is 0.342 e. The molecule has 7 heteroatoms. The number of rotatable bonds is 1. The number of para-hydroxylation sites is 1. The van der Waals surface area contributed by atoms with E-state index >= 15 is 0 Å². The molecular weight excluding hydrogens is 260 g/mol. The molecule has 0 bridgehead atoms. The normalized spacial score (nSPS) is 13.9. The Labute approximate surface area is 113 Å². The minimum absolute atomic E-state index is 0.304. The SMILES string of the molecule is O=C(c1n[nH]c(=O)[nH]c1=O)N1CCCc2ccccc21. The maximum Gasteiger partial charge on any atom is 0.342 e. The molecule has 0 saturated heterocycles. The second-order valence-electron chi connectivity index (χ2n) is 4.54. The summed E-state index contributed by atoms with van der Waals surface area (Å²) in [6.45, 7) is 0.524. The molecule has 7 nitrogen and oxygen atoms in total. The fraction of sp³-hybridized carbons (Fsp3) is 0.231. The Morgan fingerprint density at radius 3 is 2.85 bits per heavy atom. The summed E-state index contributed by atoms with van der Waals surface area (Å²) < 4.78 is 0. The molecule has 1 aliphatic rings. The second-order valence-corrected chi connectivity index (χ2v) is 4.54. The molecule has 0 unspecified atom stereocenters. The Bertz CT molecular complexity index is 777. The third kappa shape index (κ3) is 2.03. The van der Waals surface area contributed by atoms with E-state index in [1.165, 1.54) is 4.90 Å². The monoisotopic (exact) mass is 272 g/mol. The highest BCUT2D eigenvalue weighted by atomic mass is 16.2. The van der Waals surface area contributed by atoms with Crippen LogP contribution in [0.25, 0.3) is 0 Å². The smallest absolute Gasteiger partial charge is 0.307 e. The summed E-state index contributed by atoms with van der Waals surface area (Å²) >= 11 is 0. The number of fused-ring (bicyclic) bond motifs is 1. The summed E-state index contributed by atoms with van der Waals surface area (Å²) in [5, 5.41) is 5.63. The van der Waals surface area contributed by atoms with Crippen molar-refractivity contribution in [2.75, 3.05) is 11.4 Å². The van der Waals surface area contributed by atoms with Gasteiger partial charge in [0.2, 0.25) is 5.69 Å². The van der Waals surface area contributed by atoms with Crippen molar-refractivity contribution in [2.24, 2.45) is 0 Å². The average molecular weight is 272 g/mol. The van der Waals surface area contributed by atoms with Gasteiger partial charge in [0.15, 0.2) is 0 Å². The van der Waals surface area contributed by atoms with E-state index in [2.05, 4.69) is 10.2 Å². The topological polar surface area (TPSA) is 98.9 Å². The summed E-state index contributed by atoms with van der Waals surface area (Å²) in [6.07, 6.45) is 1.72. The molecule has 1 aromatic carbocycles. The van der Waals surface area contributed by atoms with E-state index in [1.807, 2.05) is 29.2 Å². The minimum Gasteiger partial charge on any atom is -0.307 e. The van der Waals surface area contributed by atoms with Crippen molar-refractivity contribution in [2.45, 2.75) is 12.8 Å². The van der Waals surface area contributed by atoms with Crippen LogP contribution in [0.5, 0.6) is 0 Å². The zero-order valence-corrected chi connectivity index (χ0v) is 10.5. The average Bonchev–Trinajstić information content (AvgIpc) is 2.46. The van der Waals surface area contributed by atoms with Gasteiger partial charge in [-0.25, -0.2) is 9.89 Å². The highest BCUT2D eigenvalue weighted by molar-refractivity contribution is 6.05. The molecule has 2 heterocycles. The van der Waals surface area contributed by atoms with Crippen LogP contribution in [0.4, 0.5) is 5.69 Å². The Hall–Kier alpha value is -2.70. The van der Waals surface area contributed by atoms with Gasteiger partial charge in [-0.05, 0) is 24.5 Å². The van der Waals surface area contributed by atoms with Crippen molar-refractivity contribution in [3.05, 3.63) is 56.4 Å². The first-order valence-corrected chi connectivity index (χ1v) is 6.25. The van der Waals surface area contributed by atoms with Gasteiger partial charge in [-0.1, -0.05) is 18.2 Å². The van der Waals surface area contributed by atoms with Gasteiger partial charge in [-0.3, -0.25) is 14.6 Å². The zero-order valence-electron chi connectivity index (χ0n) is 10.5. The van der Waals surface area contributed by atoms with Gasteiger partial charge in [0.05, 0.1) is 0 Å². The van der Waals surface area contributed by atoms with E-state index < -0.39 is 17.2 Å². The van der Waals surface area contributed by atoms with E-state index in [9.17, 15) is 14.4 Å². The van der Waals surface area contributed by atoms with Gasteiger partial charge in [-0.2, -0.15) is 5.10 Å². The number of aromatic amines is 2. The van der Waals surface area contributed by atoms with Crippen LogP contribution < -0.4 is 16.1 Å². The number of nitrogens with one attached hydrogen (secondary N) is 2. The second kappa shape index (κ2) is 4.76. The lowest BCUT2D eigenvalue weighted by atomic mass is 10.0. The number of hydrogen-bond donors (Lipinski definition) is 2. The molecular formula is C13H12N4O3. The predicted octanol–water partition coefficient (Wildman–Crippen LogP) is 0.0512. The van der Waals surface area contributed by atoms with E-state index in [0.717, 1.165) is 24.1 Å². The quantitative estimate of drug-likeness (QED) is 0.766. The lowest BCUT2D eigenvalue weighted by Crippen LogP contribution is -2.41. The number of anilines is 1. The Kier molecular flexibility index (Phi) is 2.94. The molecule has 3 rings (SSSR count). The minimum atomic E-state index is -0.776. The van der Waals surface area contributed by atoms with Gasteiger partial charge in [-0.15, -0.1) is 0 Å². The Morgan fingerprint density at radius 1 is 1.25 bits per heavy atom. The number of aryl methyl sites for hydroxylation is 1. The van der Waals surface area contributed by atoms with Crippen molar-refractivity contribution in [3.8, 4) is 0 Å². The van der Waals surface area contributed by atoms with Crippen molar-refractivity contribution in [3.63, 3.8) is 0 Å². The molecule has 2 aromatic rings. The summed E-state index contributed by atoms with van der Waals surface area (Å²) in [6, 6.07) is 7.55. The lowest BCUT2D eigenvalue weighted by molar-refractivity contribution is 0.0977. The van der Waals surface area contributed by atoms with E-state index in [-0.39, 0.29) is 5.69 Å². The van der Waals surface area contributed by atoms with Crippen LogP contribution in [0.1, 0.15) is 22.5 Å². The first-order chi connectivity index (χ1) is 9.66. The third-order valence-corrected chi connectivity index (χ3v) is 3.27. The number of aromatic nitrogens is 3. The summed E-state index contributed by atoms with van der Waals surface area (Å²) in [5.41, 5.74) is 0.0396. The van der Waals surface area contributed by atoms with Crippen molar-refractivity contribution in [1.82, 2.24) is 15.2 Å². The maximum absolute atomic E-state index is 12.4. The van der Waals surface area contributed by atoms with Crippen LogP contribution in [0.15, 0.2) is 33.9 Å². The van der Waals surface area contributed by atoms with Crippen LogP contribution in [-0.4, -0.2) is 27.6 Å². The van der Waals surface area contributed by atoms with Gasteiger partial charge >= 0.3 is 5.69 Å². The molecule has 2 N–H and O–H groups in total. The van der Waals surface area contributed by atoms with Crippen LogP contribution >= 0.6 is 0 Å². The van der Waals surface area contributed by atoms with Crippen molar-refractivity contribution in [1.29, 1.82) is 0 Å². The molecule has 20 heavy (non-hydrogen) atoms. The number of benzene rings is 1. The molecule has 1 amide bonds. The fourth-order valence-electron chi connectivity index (χ4n) is 2.37. The highest BCUT2D eigenvalue weighted by Gasteiger charge is 2.26. The van der Waals surface area contributed by atoms with Gasteiger partial charge in [0.1, 0.15) is 0 Å². The standard InChI is InChI=1S/C13H12N4O3/c18-11-10(15-16-13(20)14-11)12(19)17-7-3-5-8-4-1-2-6-9(8)17/h1-2,4,6H,3,5,7H2,(H2,14,16,18,20). The van der Waals surface area contributed by atoms with Crippen LogP contribution in [-0.2, 0) is 6.42 Å². The van der Waals surface area contributed by atoms with Crippen LogP contribution in [0, 0.1) is 0 Å². The van der Waals surface area contributed by atoms with E-state index in [0.29, 0.717) is 6.54 Å². The summed E-state index contributed by atoms with van der Waals surface area (Å²) in [7, 11) is 0. The van der Waals surface area contributed by atoms with Gasteiger partial charge in [0, 0.05) is 12.2 Å². The Morgan fingerprint density at radius 2 is 2.05 bits per heavy atom. The van der Waals surface area contributed by atoms with Crippen molar-refractivity contribution >= 4 is 11.6 Å². The Balaban J connectivity index is 2.04. The number of hydrogen-bond acceptors (Lipinski definition) is 4. The van der Waals surface area contributed by atoms with Gasteiger partial charge < -0.3 is 4.90 Å². The molecule has 0 spiro atoms. The molecule has 1 aromatic heterocycles. The van der Waals surface area contributed by atoms with Gasteiger partial charge in [0.25, 0.3) is 11.5 Å².